The molecule has 1 aromatic carbocycles. The molecule has 0 aliphatic carbocycles. The Balaban J connectivity index is 2.18. The molecule has 1 aliphatic heterocycles. The Labute approximate surface area is 128 Å². The number of carbonyl (C=O) groups is 1. The van der Waals surface area contributed by atoms with Gasteiger partial charge >= 0.3 is 0 Å². The lowest BCUT2D eigenvalue weighted by Gasteiger charge is -2.36. The number of morpholine rings is 1. The van der Waals surface area contributed by atoms with Crippen molar-refractivity contribution in [2.75, 3.05) is 18.4 Å². The first-order valence-electron chi connectivity index (χ1n) is 5.96. The molecule has 0 N–H and O–H groups in total. The van der Waals surface area contributed by atoms with E-state index in [-0.39, 0.29) is 18.1 Å². The van der Waals surface area contributed by atoms with Crippen molar-refractivity contribution in [3.63, 3.8) is 0 Å². The van der Waals surface area contributed by atoms with Crippen LogP contribution in [-0.2, 0) is 4.74 Å². The van der Waals surface area contributed by atoms with Crippen molar-refractivity contribution in [3.8, 4) is 0 Å². The SMILES string of the molecule is CC1CN(C(=O)c2cc(F)cc(Br)c2)CC(CBr)O1. The van der Waals surface area contributed by atoms with Gasteiger partial charge in [0, 0.05) is 28.5 Å². The van der Waals surface area contributed by atoms with Gasteiger partial charge in [0.2, 0.25) is 0 Å². The smallest absolute Gasteiger partial charge is 0.254 e. The average Bonchev–Trinajstić information content (AvgIpc) is 2.35. The standard InChI is InChI=1S/C13H14Br2FNO2/c1-8-6-17(7-12(5-14)19-8)13(18)9-2-10(15)4-11(16)3-9/h2-4,8,12H,5-7H2,1H3. The zero-order valence-corrected chi connectivity index (χ0v) is 13.6. The van der Waals surface area contributed by atoms with Crippen LogP contribution >= 0.6 is 31.9 Å². The fourth-order valence-electron chi connectivity index (χ4n) is 2.16. The van der Waals surface area contributed by atoms with Crippen LogP contribution in [0, 0.1) is 5.82 Å². The summed E-state index contributed by atoms with van der Waals surface area (Å²) in [5, 5.41) is 0.675. The first-order valence-corrected chi connectivity index (χ1v) is 7.88. The highest BCUT2D eigenvalue weighted by atomic mass is 79.9. The fraction of sp³-hybridized carbons (Fsp3) is 0.462. The molecule has 19 heavy (non-hydrogen) atoms. The van der Waals surface area contributed by atoms with Crippen molar-refractivity contribution in [3.05, 3.63) is 34.1 Å². The number of carbonyl (C=O) groups excluding carboxylic acids is 1. The second-order valence-corrected chi connectivity index (χ2v) is 6.15. The molecule has 1 amide bonds. The van der Waals surface area contributed by atoms with E-state index < -0.39 is 5.82 Å². The normalized spacial score (nSPS) is 23.5. The van der Waals surface area contributed by atoms with Crippen LogP contribution in [0.25, 0.3) is 0 Å². The molecule has 2 unspecified atom stereocenters. The van der Waals surface area contributed by atoms with Crippen LogP contribution < -0.4 is 0 Å². The maximum Gasteiger partial charge on any atom is 0.254 e. The van der Waals surface area contributed by atoms with Gasteiger partial charge in [-0.05, 0) is 25.1 Å². The number of alkyl halides is 1. The van der Waals surface area contributed by atoms with Crippen LogP contribution in [0.2, 0.25) is 0 Å². The fourth-order valence-corrected chi connectivity index (χ4v) is 2.98. The van der Waals surface area contributed by atoms with E-state index in [4.69, 9.17) is 4.74 Å². The number of halogens is 3. The van der Waals surface area contributed by atoms with Gasteiger partial charge in [0.25, 0.3) is 5.91 Å². The van der Waals surface area contributed by atoms with E-state index in [1.54, 1.807) is 11.0 Å². The number of ether oxygens (including phenoxy) is 1. The van der Waals surface area contributed by atoms with Gasteiger partial charge < -0.3 is 9.64 Å². The van der Waals surface area contributed by atoms with Crippen molar-refractivity contribution in [1.82, 2.24) is 4.90 Å². The second-order valence-electron chi connectivity index (χ2n) is 4.59. The van der Waals surface area contributed by atoms with Crippen LogP contribution in [0.4, 0.5) is 4.39 Å². The van der Waals surface area contributed by atoms with Crippen molar-refractivity contribution in [1.29, 1.82) is 0 Å². The Morgan fingerprint density at radius 3 is 2.84 bits per heavy atom. The third-order valence-electron chi connectivity index (χ3n) is 2.90. The van der Waals surface area contributed by atoms with E-state index in [0.29, 0.717) is 28.5 Å². The minimum atomic E-state index is -0.420. The minimum absolute atomic E-state index is 0.0164. The molecule has 1 aliphatic rings. The Morgan fingerprint density at radius 2 is 2.21 bits per heavy atom. The Kier molecular flexibility index (Phi) is 4.97. The molecule has 0 aromatic heterocycles. The molecule has 0 spiro atoms. The number of nitrogens with zero attached hydrogens (tertiary/aromatic N) is 1. The Bertz CT molecular complexity index is 463. The third-order valence-corrected chi connectivity index (χ3v) is 4.08. The molecule has 3 nitrogen and oxygen atoms in total. The topological polar surface area (TPSA) is 29.5 Å². The Morgan fingerprint density at radius 1 is 1.47 bits per heavy atom. The molecule has 2 rings (SSSR count). The summed E-state index contributed by atoms with van der Waals surface area (Å²) in [5.74, 6) is -0.586. The summed E-state index contributed by atoms with van der Waals surface area (Å²) < 4.78 is 19.6. The lowest BCUT2D eigenvalue weighted by Crippen LogP contribution is -2.49. The molecular weight excluding hydrogens is 381 g/mol. The predicted octanol–water partition coefficient (Wildman–Crippen LogP) is 3.21. The van der Waals surface area contributed by atoms with Gasteiger partial charge in [-0.15, -0.1) is 0 Å². The predicted molar refractivity (Wildman–Crippen MR) is 78.1 cm³/mol. The highest BCUT2D eigenvalue weighted by Gasteiger charge is 2.28. The zero-order valence-electron chi connectivity index (χ0n) is 10.4. The van der Waals surface area contributed by atoms with E-state index in [0.717, 1.165) is 0 Å². The maximum atomic E-state index is 13.3. The van der Waals surface area contributed by atoms with E-state index >= 15 is 0 Å². The zero-order chi connectivity index (χ0) is 14.0. The summed E-state index contributed by atoms with van der Waals surface area (Å²) in [4.78, 5) is 14.1. The monoisotopic (exact) mass is 393 g/mol. The first-order chi connectivity index (χ1) is 8.99. The number of hydrogen-bond donors (Lipinski definition) is 0. The number of amides is 1. The lowest BCUT2D eigenvalue weighted by molar-refractivity contribution is -0.0559. The molecule has 1 fully saturated rings. The molecule has 0 radical (unpaired) electrons. The molecule has 0 bridgehead atoms. The van der Waals surface area contributed by atoms with Crippen LogP contribution in [-0.4, -0.2) is 41.4 Å². The summed E-state index contributed by atoms with van der Waals surface area (Å²) >= 11 is 6.56. The molecule has 0 saturated carbocycles. The summed E-state index contributed by atoms with van der Waals surface area (Å²) in [6.45, 7) is 2.97. The van der Waals surface area contributed by atoms with Gasteiger partial charge in [0.05, 0.1) is 12.2 Å². The van der Waals surface area contributed by atoms with Gasteiger partial charge in [0.1, 0.15) is 5.82 Å². The molecule has 1 saturated heterocycles. The molecule has 1 aromatic rings. The van der Waals surface area contributed by atoms with Crippen molar-refractivity contribution >= 4 is 37.8 Å². The number of benzene rings is 1. The molecule has 2 atom stereocenters. The number of hydrogen-bond acceptors (Lipinski definition) is 2. The quantitative estimate of drug-likeness (QED) is 0.721. The van der Waals surface area contributed by atoms with E-state index in [9.17, 15) is 9.18 Å². The summed E-state index contributed by atoms with van der Waals surface area (Å²) in [5.41, 5.74) is 0.356. The van der Waals surface area contributed by atoms with Gasteiger partial charge in [-0.3, -0.25) is 4.79 Å². The van der Waals surface area contributed by atoms with Gasteiger partial charge in [-0.1, -0.05) is 31.9 Å². The first kappa shape index (κ1) is 14.9. The van der Waals surface area contributed by atoms with Gasteiger partial charge in [-0.25, -0.2) is 4.39 Å². The van der Waals surface area contributed by atoms with E-state index in [1.807, 2.05) is 6.92 Å². The van der Waals surface area contributed by atoms with Crippen LogP contribution in [0.3, 0.4) is 0 Å². The van der Waals surface area contributed by atoms with Crippen LogP contribution in [0.15, 0.2) is 22.7 Å². The summed E-state index contributed by atoms with van der Waals surface area (Å²) in [7, 11) is 0. The summed E-state index contributed by atoms with van der Waals surface area (Å²) in [6, 6.07) is 4.23. The van der Waals surface area contributed by atoms with Crippen molar-refractivity contribution in [2.24, 2.45) is 0 Å². The number of rotatable bonds is 2. The average molecular weight is 395 g/mol. The molecule has 1 heterocycles. The van der Waals surface area contributed by atoms with Crippen molar-refractivity contribution in [2.45, 2.75) is 19.1 Å². The Hall–Kier alpha value is -0.460. The minimum Gasteiger partial charge on any atom is -0.371 e. The van der Waals surface area contributed by atoms with Crippen LogP contribution in [0.1, 0.15) is 17.3 Å². The van der Waals surface area contributed by atoms with Gasteiger partial charge in [0.15, 0.2) is 0 Å². The lowest BCUT2D eigenvalue weighted by atomic mass is 10.1. The maximum absolute atomic E-state index is 13.3. The van der Waals surface area contributed by atoms with Gasteiger partial charge in [-0.2, -0.15) is 0 Å². The molecule has 104 valence electrons. The second kappa shape index (κ2) is 6.33. The summed E-state index contributed by atoms with van der Waals surface area (Å²) in [6.07, 6.45) is -0.0399. The highest BCUT2D eigenvalue weighted by molar-refractivity contribution is 9.10. The molecule has 6 heteroatoms. The van der Waals surface area contributed by atoms with Crippen molar-refractivity contribution < 1.29 is 13.9 Å². The highest BCUT2D eigenvalue weighted by Crippen LogP contribution is 2.19. The van der Waals surface area contributed by atoms with E-state index in [1.165, 1.54) is 12.1 Å². The third kappa shape index (κ3) is 3.77. The largest absolute Gasteiger partial charge is 0.371 e. The van der Waals surface area contributed by atoms with Crippen LogP contribution in [0.5, 0.6) is 0 Å². The van der Waals surface area contributed by atoms with E-state index in [2.05, 4.69) is 31.9 Å². The molecular formula is C13H14Br2FNO2.